The summed E-state index contributed by atoms with van der Waals surface area (Å²) in [5.74, 6) is 3.09. The first kappa shape index (κ1) is 54.6. The lowest BCUT2D eigenvalue weighted by atomic mass is 10.1. The number of aromatic nitrogens is 4. The molecule has 0 atom stereocenters. The molecular formula is C68H60N4O8. The van der Waals surface area contributed by atoms with Gasteiger partial charge in [-0.2, -0.15) is 0 Å². The van der Waals surface area contributed by atoms with Gasteiger partial charge in [-0.15, -0.1) is 0 Å². The topological polar surface area (TPSA) is 168 Å². The summed E-state index contributed by atoms with van der Waals surface area (Å²) < 4.78 is 20.7. The number of hydrogen-bond acceptors (Lipinski definition) is 8. The van der Waals surface area contributed by atoms with E-state index in [2.05, 4.69) is 19.9 Å². The maximum Gasteiger partial charge on any atom is 0.209 e. The summed E-state index contributed by atoms with van der Waals surface area (Å²) in [6.07, 6.45) is 0. The number of carbonyl (C=O) groups excluding carboxylic acids is 4. The Bertz CT molecular complexity index is 3620. The van der Waals surface area contributed by atoms with Crippen molar-refractivity contribution in [2.24, 2.45) is 0 Å². The van der Waals surface area contributed by atoms with Crippen LogP contribution in [0.25, 0.3) is 43.6 Å². The minimum absolute atomic E-state index is 0.000154. The Morgan fingerprint density at radius 3 is 0.625 bits per heavy atom. The Labute approximate surface area is 463 Å². The van der Waals surface area contributed by atoms with E-state index < -0.39 is 0 Å². The van der Waals surface area contributed by atoms with Crippen LogP contribution in [0.3, 0.4) is 0 Å². The van der Waals surface area contributed by atoms with Gasteiger partial charge >= 0.3 is 0 Å². The van der Waals surface area contributed by atoms with Crippen LogP contribution in [0.1, 0.15) is 86.5 Å². The van der Waals surface area contributed by atoms with Crippen molar-refractivity contribution in [3.8, 4) is 23.0 Å². The average Bonchev–Trinajstić information content (AvgIpc) is 4.32. The third-order valence-electron chi connectivity index (χ3n) is 13.6. The highest BCUT2D eigenvalue weighted by Crippen LogP contribution is 2.27. The van der Waals surface area contributed by atoms with Gasteiger partial charge in [0.25, 0.3) is 0 Å². The van der Waals surface area contributed by atoms with Crippen molar-refractivity contribution in [2.75, 3.05) is 28.4 Å². The molecule has 12 heteroatoms. The summed E-state index contributed by atoms with van der Waals surface area (Å²) in [6, 6.07) is 60.7. The normalized spacial score (nSPS) is 10.7. The van der Waals surface area contributed by atoms with Crippen LogP contribution in [-0.4, -0.2) is 71.5 Å². The molecule has 4 heterocycles. The summed E-state index contributed by atoms with van der Waals surface area (Å²) in [6.45, 7) is 8.01. The highest BCUT2D eigenvalue weighted by Gasteiger charge is 2.16. The van der Waals surface area contributed by atoms with Crippen LogP contribution in [0.5, 0.6) is 23.0 Å². The molecule has 12 nitrogen and oxygen atoms in total. The monoisotopic (exact) mass is 1060 g/mol. The van der Waals surface area contributed by atoms with Gasteiger partial charge in [0.2, 0.25) is 23.1 Å². The van der Waals surface area contributed by atoms with E-state index in [4.69, 9.17) is 18.9 Å². The highest BCUT2D eigenvalue weighted by atomic mass is 16.5. The Morgan fingerprint density at radius 1 is 0.263 bits per heavy atom. The molecule has 4 N–H and O–H groups in total. The van der Waals surface area contributed by atoms with Gasteiger partial charge in [0.1, 0.15) is 23.0 Å². The minimum atomic E-state index is 0.000154. The number of H-pyrrole nitrogens is 4. The third-order valence-corrected chi connectivity index (χ3v) is 13.6. The van der Waals surface area contributed by atoms with Gasteiger partial charge in [-0.25, -0.2) is 0 Å². The average molecular weight is 1060 g/mol. The number of benzene rings is 8. The number of hydrogen-bond donors (Lipinski definition) is 4. The van der Waals surface area contributed by atoms with E-state index in [1.165, 1.54) is 0 Å². The molecule has 0 aliphatic heterocycles. The second-order valence-electron chi connectivity index (χ2n) is 19.3. The first-order valence-corrected chi connectivity index (χ1v) is 25.8. The number of carbonyl (C=O) groups is 4. The predicted molar refractivity (Wildman–Crippen MR) is 318 cm³/mol. The molecule has 0 spiro atoms. The second kappa shape index (κ2) is 24.4. The number of nitrogens with one attached hydrogen (secondary N) is 4. The van der Waals surface area contributed by atoms with Crippen molar-refractivity contribution in [3.05, 3.63) is 261 Å². The summed E-state index contributed by atoms with van der Waals surface area (Å²) in [7, 11) is 6.51. The van der Waals surface area contributed by atoms with E-state index in [1.807, 2.05) is 222 Å². The molecule has 0 unspecified atom stereocenters. The third kappa shape index (κ3) is 12.8. The highest BCUT2D eigenvalue weighted by molar-refractivity contribution is 6.12. The number of fused-ring (bicyclic) bond motifs is 4. The molecule has 0 saturated heterocycles. The van der Waals surface area contributed by atoms with Crippen LogP contribution < -0.4 is 18.9 Å². The van der Waals surface area contributed by atoms with Crippen molar-refractivity contribution in [2.45, 2.75) is 27.7 Å². The van der Waals surface area contributed by atoms with E-state index >= 15 is 0 Å². The number of aryl methyl sites for hydroxylation is 4. The molecule has 12 rings (SSSR count). The molecule has 8 aromatic carbocycles. The van der Waals surface area contributed by atoms with Gasteiger partial charge in [-0.1, -0.05) is 119 Å². The molecule has 0 aliphatic rings. The van der Waals surface area contributed by atoms with Crippen LogP contribution in [0.4, 0.5) is 0 Å². The van der Waals surface area contributed by atoms with Crippen molar-refractivity contribution < 1.29 is 38.1 Å². The fraction of sp³-hybridized carbons (Fsp3) is 0.118. The zero-order valence-electron chi connectivity index (χ0n) is 45.7. The predicted octanol–water partition coefficient (Wildman–Crippen LogP) is 14.9. The molecule has 0 radical (unpaired) electrons. The summed E-state index contributed by atoms with van der Waals surface area (Å²) in [5.41, 5.74) is 13.3. The first-order chi connectivity index (χ1) is 38.7. The maximum absolute atomic E-state index is 12.4. The summed E-state index contributed by atoms with van der Waals surface area (Å²) in [4.78, 5) is 62.3. The number of methoxy groups -OCH3 is 4. The van der Waals surface area contributed by atoms with Crippen molar-refractivity contribution in [3.63, 3.8) is 0 Å². The molecule has 80 heavy (non-hydrogen) atoms. The SMILES string of the molecule is COc1ccc2cc(C(=O)c3ccc(C)cc3)[nH]c2c1.COc1ccc2cc(C(=O)c3ccc(C)cc3)[nH]c2c1.COc1ccc2cc(C(=O)c3ccc(C)cc3)[nH]c2c1.COc1ccc2cc(C(=O)c3ccc(C)cc3)[nH]c2c1. The first-order valence-electron chi connectivity index (χ1n) is 25.8. The fourth-order valence-electron chi connectivity index (χ4n) is 8.86. The van der Waals surface area contributed by atoms with Crippen LogP contribution in [-0.2, 0) is 0 Å². The molecular weight excluding hydrogens is 1000 g/mol. The van der Waals surface area contributed by atoms with Gasteiger partial charge in [0, 0.05) is 90.1 Å². The van der Waals surface area contributed by atoms with Crippen LogP contribution in [0.15, 0.2) is 194 Å². The quantitative estimate of drug-likeness (QED) is 0.0877. The van der Waals surface area contributed by atoms with Crippen LogP contribution in [0, 0.1) is 27.7 Å². The lowest BCUT2D eigenvalue weighted by Crippen LogP contribution is -2.01. The smallest absolute Gasteiger partial charge is 0.209 e. The Hall–Kier alpha value is -10.2. The largest absolute Gasteiger partial charge is 0.497 e. The van der Waals surface area contributed by atoms with E-state index in [1.54, 1.807) is 28.4 Å². The minimum Gasteiger partial charge on any atom is -0.497 e. The van der Waals surface area contributed by atoms with Gasteiger partial charge in [-0.3, -0.25) is 19.2 Å². The summed E-state index contributed by atoms with van der Waals surface area (Å²) in [5, 5.41) is 4.00. The second-order valence-corrected chi connectivity index (χ2v) is 19.3. The summed E-state index contributed by atoms with van der Waals surface area (Å²) >= 11 is 0. The molecule has 0 bridgehead atoms. The standard InChI is InChI=1S/4C17H15NO2/c4*1-11-3-5-12(6-4-11)17(19)16-9-13-7-8-14(20-2)10-15(13)18-16/h4*3-10,18H,1-2H3. The van der Waals surface area contributed by atoms with Crippen LogP contribution >= 0.6 is 0 Å². The van der Waals surface area contributed by atoms with Gasteiger partial charge in [-0.05, 0) is 100 Å². The van der Waals surface area contributed by atoms with E-state index in [0.717, 1.165) is 88.9 Å². The van der Waals surface area contributed by atoms with Gasteiger partial charge in [0.05, 0.1) is 51.2 Å². The molecule has 0 saturated carbocycles. The number of ketones is 4. The van der Waals surface area contributed by atoms with E-state index in [0.29, 0.717) is 45.0 Å². The lowest BCUT2D eigenvalue weighted by Gasteiger charge is -1.99. The Balaban J connectivity index is 0.000000129. The number of aromatic amines is 4. The maximum atomic E-state index is 12.4. The zero-order chi connectivity index (χ0) is 56.5. The molecule has 0 fully saturated rings. The number of ether oxygens (including phenoxy) is 4. The van der Waals surface area contributed by atoms with E-state index in [9.17, 15) is 19.2 Å². The molecule has 0 aliphatic carbocycles. The molecule has 400 valence electrons. The van der Waals surface area contributed by atoms with E-state index in [-0.39, 0.29) is 23.1 Å². The molecule has 0 amide bonds. The van der Waals surface area contributed by atoms with Crippen molar-refractivity contribution >= 4 is 66.7 Å². The fourth-order valence-corrected chi connectivity index (χ4v) is 8.86. The Kier molecular flexibility index (Phi) is 16.7. The lowest BCUT2D eigenvalue weighted by molar-refractivity contribution is 0.102. The van der Waals surface area contributed by atoms with Crippen molar-refractivity contribution in [1.29, 1.82) is 0 Å². The molecule has 4 aromatic heterocycles. The molecule has 12 aromatic rings. The van der Waals surface area contributed by atoms with Gasteiger partial charge < -0.3 is 38.9 Å². The number of rotatable bonds is 12. The zero-order valence-corrected chi connectivity index (χ0v) is 45.7. The van der Waals surface area contributed by atoms with Gasteiger partial charge in [0.15, 0.2) is 0 Å². The van der Waals surface area contributed by atoms with Crippen molar-refractivity contribution in [1.82, 2.24) is 19.9 Å². The van der Waals surface area contributed by atoms with Crippen LogP contribution in [0.2, 0.25) is 0 Å². The Morgan fingerprint density at radius 2 is 0.450 bits per heavy atom.